The molecule has 19 heavy (non-hydrogen) atoms. The van der Waals surface area contributed by atoms with Crippen molar-refractivity contribution in [1.29, 1.82) is 0 Å². The van der Waals surface area contributed by atoms with Gasteiger partial charge in [0.25, 0.3) is 0 Å². The summed E-state index contributed by atoms with van der Waals surface area (Å²) in [4.78, 5) is 0. The van der Waals surface area contributed by atoms with E-state index in [1.165, 1.54) is 36.8 Å². The van der Waals surface area contributed by atoms with Gasteiger partial charge >= 0.3 is 0 Å². The minimum Gasteiger partial charge on any atom is -0.310 e. The van der Waals surface area contributed by atoms with Crippen LogP contribution in [-0.4, -0.2) is 6.54 Å². The number of halogens is 1. The molecule has 0 aliphatic rings. The Hall–Kier alpha value is -0.530. The molecule has 1 rings (SSSR count). The quantitative estimate of drug-likeness (QED) is 0.662. The average Bonchev–Trinajstić information content (AvgIpc) is 2.37. The highest BCUT2D eigenvalue weighted by Crippen LogP contribution is 2.28. The van der Waals surface area contributed by atoms with Crippen molar-refractivity contribution in [3.63, 3.8) is 0 Å². The van der Waals surface area contributed by atoms with Gasteiger partial charge in [0.1, 0.15) is 0 Å². The molecule has 0 aliphatic carbocycles. The number of benzene rings is 1. The smallest absolute Gasteiger partial charge is 0.0438 e. The normalized spacial score (nSPS) is 12.9. The minimum atomic E-state index is 0.442. The van der Waals surface area contributed by atoms with Gasteiger partial charge in [0.2, 0.25) is 0 Å². The third-order valence-corrected chi connectivity index (χ3v) is 4.01. The highest BCUT2D eigenvalue weighted by atomic mass is 35.5. The average molecular weight is 282 g/mol. The van der Waals surface area contributed by atoms with Crippen LogP contribution in [0.15, 0.2) is 18.2 Å². The Morgan fingerprint density at radius 2 is 1.95 bits per heavy atom. The van der Waals surface area contributed by atoms with Gasteiger partial charge in [-0.2, -0.15) is 0 Å². The van der Waals surface area contributed by atoms with Gasteiger partial charge in [-0.3, -0.25) is 0 Å². The van der Waals surface area contributed by atoms with Crippen molar-refractivity contribution in [3.8, 4) is 0 Å². The van der Waals surface area contributed by atoms with Crippen molar-refractivity contribution in [1.82, 2.24) is 5.32 Å². The Labute approximate surface area is 123 Å². The van der Waals surface area contributed by atoms with Crippen LogP contribution in [0.1, 0.15) is 63.6 Å². The van der Waals surface area contributed by atoms with Crippen molar-refractivity contribution >= 4 is 11.6 Å². The zero-order valence-electron chi connectivity index (χ0n) is 12.8. The Bertz CT molecular complexity index is 374. The fraction of sp³-hybridized carbons (Fsp3) is 0.647. The van der Waals surface area contributed by atoms with Crippen LogP contribution in [0, 0.1) is 12.8 Å². The Kier molecular flexibility index (Phi) is 7.48. The Morgan fingerprint density at radius 1 is 1.21 bits per heavy atom. The molecule has 0 spiro atoms. The first-order valence-corrected chi connectivity index (χ1v) is 7.92. The molecule has 1 aromatic carbocycles. The van der Waals surface area contributed by atoms with Crippen LogP contribution >= 0.6 is 11.6 Å². The first kappa shape index (κ1) is 16.5. The van der Waals surface area contributed by atoms with Gasteiger partial charge in [0.05, 0.1) is 0 Å². The van der Waals surface area contributed by atoms with E-state index in [0.717, 1.165) is 17.5 Å². The van der Waals surface area contributed by atoms with Crippen LogP contribution in [0.2, 0.25) is 5.02 Å². The summed E-state index contributed by atoms with van der Waals surface area (Å²) in [6.45, 7) is 9.99. The molecule has 0 amide bonds. The second kappa shape index (κ2) is 8.60. The van der Waals surface area contributed by atoms with Crippen molar-refractivity contribution in [3.05, 3.63) is 34.3 Å². The molecule has 1 aromatic rings. The van der Waals surface area contributed by atoms with E-state index in [4.69, 9.17) is 11.6 Å². The second-order valence-corrected chi connectivity index (χ2v) is 6.19. The number of nitrogens with one attached hydrogen (secondary N) is 1. The third kappa shape index (κ3) is 5.54. The van der Waals surface area contributed by atoms with E-state index in [0.29, 0.717) is 6.04 Å². The van der Waals surface area contributed by atoms with E-state index >= 15 is 0 Å². The van der Waals surface area contributed by atoms with E-state index in [1.54, 1.807) is 0 Å². The molecule has 1 nitrogen and oxygen atoms in total. The van der Waals surface area contributed by atoms with Crippen molar-refractivity contribution in [2.24, 2.45) is 5.92 Å². The summed E-state index contributed by atoms with van der Waals surface area (Å²) in [6, 6.07) is 6.70. The molecule has 0 saturated carbocycles. The summed E-state index contributed by atoms with van der Waals surface area (Å²) in [6.07, 6.45) is 4.93. The van der Waals surface area contributed by atoms with Gasteiger partial charge in [-0.25, -0.2) is 0 Å². The molecule has 108 valence electrons. The first-order chi connectivity index (χ1) is 9.06. The maximum absolute atomic E-state index is 6.25. The molecule has 0 fully saturated rings. The maximum atomic E-state index is 6.25. The molecule has 0 aliphatic heterocycles. The van der Waals surface area contributed by atoms with Gasteiger partial charge in [-0.15, -0.1) is 0 Å². The fourth-order valence-electron chi connectivity index (χ4n) is 2.42. The van der Waals surface area contributed by atoms with E-state index < -0.39 is 0 Å². The molecule has 0 aromatic heterocycles. The van der Waals surface area contributed by atoms with Crippen LogP contribution in [0.5, 0.6) is 0 Å². The molecule has 1 atom stereocenters. The highest BCUT2D eigenvalue weighted by Gasteiger charge is 2.14. The summed E-state index contributed by atoms with van der Waals surface area (Å²) in [5.74, 6) is 0.785. The largest absolute Gasteiger partial charge is 0.310 e. The number of hydrogen-bond acceptors (Lipinski definition) is 1. The molecule has 1 N–H and O–H groups in total. The lowest BCUT2D eigenvalue weighted by Gasteiger charge is -2.22. The van der Waals surface area contributed by atoms with Gasteiger partial charge in [-0.1, -0.05) is 57.3 Å². The molecule has 0 bridgehead atoms. The standard InChI is InChI=1S/C17H28ClN/c1-5-12-19-17(11-6-8-13(2)3)15-9-7-10-16(18)14(15)4/h7,9-10,13,17,19H,5-6,8,11-12H2,1-4H3. The van der Waals surface area contributed by atoms with Crippen LogP contribution in [0.3, 0.4) is 0 Å². The SMILES string of the molecule is CCCNC(CCCC(C)C)c1cccc(Cl)c1C. The summed E-state index contributed by atoms with van der Waals surface area (Å²) in [7, 11) is 0. The highest BCUT2D eigenvalue weighted by molar-refractivity contribution is 6.31. The lowest BCUT2D eigenvalue weighted by atomic mass is 9.95. The zero-order valence-corrected chi connectivity index (χ0v) is 13.6. The maximum Gasteiger partial charge on any atom is 0.0438 e. The zero-order chi connectivity index (χ0) is 14.3. The number of hydrogen-bond donors (Lipinski definition) is 1. The van der Waals surface area contributed by atoms with Gasteiger partial charge in [0.15, 0.2) is 0 Å². The summed E-state index contributed by atoms with van der Waals surface area (Å²) in [5.41, 5.74) is 2.59. The van der Waals surface area contributed by atoms with Gasteiger partial charge < -0.3 is 5.32 Å². The van der Waals surface area contributed by atoms with Gasteiger partial charge in [-0.05, 0) is 49.4 Å². The lowest BCUT2D eigenvalue weighted by molar-refractivity contribution is 0.446. The van der Waals surface area contributed by atoms with Crippen molar-refractivity contribution < 1.29 is 0 Å². The second-order valence-electron chi connectivity index (χ2n) is 5.79. The van der Waals surface area contributed by atoms with Crippen LogP contribution in [0.25, 0.3) is 0 Å². The summed E-state index contributed by atoms with van der Waals surface area (Å²) >= 11 is 6.25. The first-order valence-electron chi connectivity index (χ1n) is 7.54. The molecule has 0 saturated heterocycles. The molecule has 2 heteroatoms. The molecule has 0 heterocycles. The third-order valence-electron chi connectivity index (χ3n) is 3.60. The van der Waals surface area contributed by atoms with Gasteiger partial charge in [0, 0.05) is 11.1 Å². The molecule has 1 unspecified atom stereocenters. The van der Waals surface area contributed by atoms with E-state index in [9.17, 15) is 0 Å². The summed E-state index contributed by atoms with van der Waals surface area (Å²) < 4.78 is 0. The summed E-state index contributed by atoms with van der Waals surface area (Å²) in [5, 5.41) is 4.55. The van der Waals surface area contributed by atoms with Crippen molar-refractivity contribution in [2.45, 2.75) is 59.4 Å². The minimum absolute atomic E-state index is 0.442. The predicted molar refractivity (Wildman–Crippen MR) is 85.9 cm³/mol. The molecule has 0 radical (unpaired) electrons. The van der Waals surface area contributed by atoms with Crippen molar-refractivity contribution in [2.75, 3.05) is 6.54 Å². The Morgan fingerprint density at radius 3 is 2.58 bits per heavy atom. The van der Waals surface area contributed by atoms with Crippen LogP contribution < -0.4 is 5.32 Å². The molecular formula is C17H28ClN. The predicted octanol–water partition coefficient (Wildman–Crippen LogP) is 5.52. The fourth-order valence-corrected chi connectivity index (χ4v) is 2.60. The van der Waals surface area contributed by atoms with Crippen LogP contribution in [-0.2, 0) is 0 Å². The number of rotatable bonds is 8. The molecular weight excluding hydrogens is 254 g/mol. The topological polar surface area (TPSA) is 12.0 Å². The van der Waals surface area contributed by atoms with E-state index in [2.05, 4.69) is 45.1 Å². The van der Waals surface area contributed by atoms with E-state index in [-0.39, 0.29) is 0 Å². The lowest BCUT2D eigenvalue weighted by Crippen LogP contribution is -2.23. The van der Waals surface area contributed by atoms with Crippen LogP contribution in [0.4, 0.5) is 0 Å². The monoisotopic (exact) mass is 281 g/mol. The Balaban J connectivity index is 2.74. The van der Waals surface area contributed by atoms with E-state index in [1.807, 2.05) is 6.07 Å².